The van der Waals surface area contributed by atoms with Crippen LogP contribution in [0, 0.1) is 11.6 Å². The van der Waals surface area contributed by atoms with Crippen molar-refractivity contribution in [2.75, 3.05) is 7.05 Å². The van der Waals surface area contributed by atoms with Gasteiger partial charge < -0.3 is 5.73 Å². The van der Waals surface area contributed by atoms with E-state index in [2.05, 4.69) is 4.99 Å². The van der Waals surface area contributed by atoms with Gasteiger partial charge in [-0.25, -0.2) is 8.78 Å². The van der Waals surface area contributed by atoms with E-state index >= 15 is 0 Å². The fourth-order valence-corrected chi connectivity index (χ4v) is 1.21. The third-order valence-electron chi connectivity index (χ3n) is 2.00. The first-order valence-electron chi connectivity index (χ1n) is 4.46. The molecule has 0 aromatic heterocycles. The van der Waals surface area contributed by atoms with Crippen LogP contribution in [0.1, 0.15) is 5.56 Å². The molecule has 1 aromatic rings. The minimum absolute atomic E-state index is 0.0104. The van der Waals surface area contributed by atoms with E-state index in [0.29, 0.717) is 5.71 Å². The van der Waals surface area contributed by atoms with Crippen molar-refractivity contribution in [2.45, 2.75) is 6.42 Å². The molecule has 0 atom stereocenters. The highest BCUT2D eigenvalue weighted by atomic mass is 19.1. The minimum Gasteiger partial charge on any atom is -0.405 e. The van der Waals surface area contributed by atoms with Crippen LogP contribution in [-0.4, -0.2) is 12.8 Å². The molecule has 0 bridgehead atoms. The molecule has 0 radical (unpaired) electrons. The Balaban J connectivity index is 2.98. The van der Waals surface area contributed by atoms with E-state index in [1.165, 1.54) is 30.5 Å². The van der Waals surface area contributed by atoms with Gasteiger partial charge in [-0.1, -0.05) is 6.07 Å². The predicted molar refractivity (Wildman–Crippen MR) is 56.7 cm³/mol. The lowest BCUT2D eigenvalue weighted by Crippen LogP contribution is -2.05. The van der Waals surface area contributed by atoms with Crippen molar-refractivity contribution in [1.29, 1.82) is 0 Å². The van der Waals surface area contributed by atoms with Gasteiger partial charge in [0.1, 0.15) is 11.6 Å². The number of hydrogen-bond donors (Lipinski definition) is 1. The lowest BCUT2D eigenvalue weighted by atomic mass is 10.1. The van der Waals surface area contributed by atoms with Crippen LogP contribution in [0.4, 0.5) is 8.78 Å². The summed E-state index contributed by atoms with van der Waals surface area (Å²) in [4.78, 5) is 3.87. The third-order valence-corrected chi connectivity index (χ3v) is 2.00. The Morgan fingerprint density at radius 1 is 1.40 bits per heavy atom. The number of rotatable bonds is 3. The summed E-state index contributed by atoms with van der Waals surface area (Å²) in [6.45, 7) is 0. The van der Waals surface area contributed by atoms with Crippen LogP contribution in [-0.2, 0) is 6.42 Å². The zero-order valence-electron chi connectivity index (χ0n) is 8.37. The van der Waals surface area contributed by atoms with Crippen molar-refractivity contribution >= 4 is 5.71 Å². The third kappa shape index (κ3) is 2.87. The Hall–Kier alpha value is -1.71. The molecule has 1 aromatic carbocycles. The molecule has 0 aliphatic heterocycles. The van der Waals surface area contributed by atoms with E-state index in [-0.39, 0.29) is 12.0 Å². The van der Waals surface area contributed by atoms with Crippen LogP contribution in [0.2, 0.25) is 0 Å². The minimum atomic E-state index is -0.568. The number of hydrogen-bond acceptors (Lipinski definition) is 2. The quantitative estimate of drug-likeness (QED) is 0.762. The van der Waals surface area contributed by atoms with E-state index < -0.39 is 11.6 Å². The van der Waals surface area contributed by atoms with E-state index in [1.54, 1.807) is 7.05 Å². The van der Waals surface area contributed by atoms with Gasteiger partial charge in [-0.2, -0.15) is 0 Å². The van der Waals surface area contributed by atoms with Crippen LogP contribution >= 0.6 is 0 Å². The van der Waals surface area contributed by atoms with Gasteiger partial charge in [-0.15, -0.1) is 0 Å². The molecule has 1 rings (SSSR count). The van der Waals surface area contributed by atoms with Crippen molar-refractivity contribution in [3.63, 3.8) is 0 Å². The number of allylic oxidation sites excluding steroid dienone is 1. The number of halogens is 2. The Labute approximate surface area is 87.1 Å². The summed E-state index contributed by atoms with van der Waals surface area (Å²) in [6.07, 6.45) is 2.91. The zero-order valence-corrected chi connectivity index (χ0v) is 8.37. The van der Waals surface area contributed by atoms with Crippen molar-refractivity contribution < 1.29 is 8.78 Å². The van der Waals surface area contributed by atoms with Crippen LogP contribution in [0.5, 0.6) is 0 Å². The molecule has 0 saturated carbocycles. The van der Waals surface area contributed by atoms with Crippen LogP contribution < -0.4 is 5.73 Å². The number of aliphatic imine (C=N–C) groups is 1. The van der Waals surface area contributed by atoms with Gasteiger partial charge in [-0.3, -0.25) is 4.99 Å². The Morgan fingerprint density at radius 3 is 2.47 bits per heavy atom. The number of nitrogens with zero attached hydrogens (tertiary/aromatic N) is 1. The average Bonchev–Trinajstić information content (AvgIpc) is 2.22. The molecule has 0 heterocycles. The van der Waals surface area contributed by atoms with Gasteiger partial charge in [0.15, 0.2) is 0 Å². The molecule has 80 valence electrons. The Kier molecular flexibility index (Phi) is 3.97. The highest BCUT2D eigenvalue weighted by Crippen LogP contribution is 2.13. The monoisotopic (exact) mass is 210 g/mol. The van der Waals surface area contributed by atoms with E-state index in [4.69, 9.17) is 5.73 Å². The van der Waals surface area contributed by atoms with Gasteiger partial charge >= 0.3 is 0 Å². The lowest BCUT2D eigenvalue weighted by molar-refractivity contribution is 0.564. The molecular formula is C11H12F2N2. The molecule has 0 saturated heterocycles. The van der Waals surface area contributed by atoms with Crippen LogP contribution in [0.15, 0.2) is 35.5 Å². The van der Waals surface area contributed by atoms with Crippen molar-refractivity contribution in [1.82, 2.24) is 0 Å². The van der Waals surface area contributed by atoms with E-state index in [1.807, 2.05) is 0 Å². The van der Waals surface area contributed by atoms with Crippen LogP contribution in [0.25, 0.3) is 0 Å². The zero-order chi connectivity index (χ0) is 11.3. The molecule has 2 N–H and O–H groups in total. The van der Waals surface area contributed by atoms with E-state index in [0.717, 1.165) is 0 Å². The second-order valence-corrected chi connectivity index (χ2v) is 2.95. The fraction of sp³-hybridized carbons (Fsp3) is 0.182. The normalized spacial score (nSPS) is 12.3. The molecule has 0 fully saturated rings. The maximum atomic E-state index is 13.2. The first kappa shape index (κ1) is 11.4. The largest absolute Gasteiger partial charge is 0.405 e. The highest BCUT2D eigenvalue weighted by Gasteiger charge is 2.09. The molecule has 4 heteroatoms. The Bertz CT molecular complexity index is 377. The van der Waals surface area contributed by atoms with Gasteiger partial charge in [0.25, 0.3) is 0 Å². The van der Waals surface area contributed by atoms with Gasteiger partial charge in [0.05, 0.1) is 0 Å². The SMILES string of the molecule is C/N=C(\C=C/N)Cc1c(F)cccc1F. The van der Waals surface area contributed by atoms with Crippen LogP contribution in [0.3, 0.4) is 0 Å². The lowest BCUT2D eigenvalue weighted by Gasteiger charge is -2.04. The number of nitrogens with two attached hydrogens (primary N) is 1. The molecule has 15 heavy (non-hydrogen) atoms. The molecule has 0 spiro atoms. The maximum Gasteiger partial charge on any atom is 0.129 e. The topological polar surface area (TPSA) is 38.4 Å². The smallest absolute Gasteiger partial charge is 0.129 e. The second-order valence-electron chi connectivity index (χ2n) is 2.95. The molecular weight excluding hydrogens is 198 g/mol. The molecule has 0 amide bonds. The summed E-state index contributed by atoms with van der Waals surface area (Å²) in [6, 6.07) is 3.77. The fourth-order valence-electron chi connectivity index (χ4n) is 1.21. The van der Waals surface area contributed by atoms with Gasteiger partial charge in [0, 0.05) is 24.7 Å². The second kappa shape index (κ2) is 5.24. The van der Waals surface area contributed by atoms with Crippen molar-refractivity contribution in [3.05, 3.63) is 47.7 Å². The standard InChI is InChI=1S/C11H12F2N2/c1-15-8(5-6-14)7-9-10(12)3-2-4-11(9)13/h2-6H,7,14H2,1H3/b6-5-,15-8+. The van der Waals surface area contributed by atoms with E-state index in [9.17, 15) is 8.78 Å². The molecule has 0 aliphatic carbocycles. The van der Waals surface area contributed by atoms with Gasteiger partial charge in [0.2, 0.25) is 0 Å². The average molecular weight is 210 g/mol. The summed E-state index contributed by atoms with van der Waals surface area (Å²) in [7, 11) is 1.55. The summed E-state index contributed by atoms with van der Waals surface area (Å²) in [5, 5.41) is 0. The Morgan fingerprint density at radius 2 is 2.00 bits per heavy atom. The molecule has 0 aliphatic rings. The first-order valence-corrected chi connectivity index (χ1v) is 4.46. The molecule has 0 unspecified atom stereocenters. The number of benzene rings is 1. The summed E-state index contributed by atoms with van der Waals surface area (Å²) >= 11 is 0. The summed E-state index contributed by atoms with van der Waals surface area (Å²) < 4.78 is 26.5. The van der Waals surface area contributed by atoms with Crippen molar-refractivity contribution in [3.8, 4) is 0 Å². The highest BCUT2D eigenvalue weighted by molar-refractivity contribution is 5.96. The summed E-state index contributed by atoms with van der Waals surface area (Å²) in [5.41, 5.74) is 5.73. The first-order chi connectivity index (χ1) is 7.19. The van der Waals surface area contributed by atoms with Gasteiger partial charge in [-0.05, 0) is 24.4 Å². The summed E-state index contributed by atoms with van der Waals surface area (Å²) in [5.74, 6) is -1.14. The predicted octanol–water partition coefficient (Wildman–Crippen LogP) is 2.05. The molecule has 2 nitrogen and oxygen atoms in total. The van der Waals surface area contributed by atoms with Crippen molar-refractivity contribution in [2.24, 2.45) is 10.7 Å². The maximum absolute atomic E-state index is 13.2.